The highest BCUT2D eigenvalue weighted by molar-refractivity contribution is 6.10. The third kappa shape index (κ3) is 6.32. The molecule has 5 aliphatic carbocycles. The molecule has 370 valence electrons. The number of rotatable bonds is 8. The maximum absolute atomic E-state index is 2.66. The molecule has 0 N–H and O–H groups in total. The highest BCUT2D eigenvalue weighted by atomic mass is 15.1. The summed E-state index contributed by atoms with van der Waals surface area (Å²) in [4.78, 5) is 2.60. The standard InChI is InChI=1S/C75H65N/c1-72(2,3)53-40-52(41-54(43-53)73(4,5)6)59-28-18-22-50-23-19-29-63(71(50)59)62-27-13-17-33-68(62)76(66-31-15-11-24-57(66)49-36-34-48(35-37-49)47-20-8-7-9-21-47)67-32-16-12-25-58(67)51-38-39-61-60-26-10-14-30-64(60)75(65(61)42-51)69-45-55-44-56-46-70(75)74(55,56)69/h7-43,55-56,69-70H,44-46H2,1-6H3. The molecule has 10 aromatic rings. The van der Waals surface area contributed by atoms with Crippen molar-refractivity contribution in [2.75, 3.05) is 4.90 Å². The molecule has 1 nitrogen and oxygen atoms in total. The van der Waals surface area contributed by atoms with Gasteiger partial charge in [-0.15, -0.1) is 0 Å². The number of anilines is 3. The molecular formula is C75H65N. The molecule has 0 amide bonds. The van der Waals surface area contributed by atoms with Gasteiger partial charge in [0.2, 0.25) is 0 Å². The molecule has 4 fully saturated rings. The Labute approximate surface area is 450 Å². The fraction of sp³-hybridized carbons (Fsp3) is 0.227. The third-order valence-corrected chi connectivity index (χ3v) is 19.7. The summed E-state index contributed by atoms with van der Waals surface area (Å²) >= 11 is 0. The third-order valence-electron chi connectivity index (χ3n) is 19.7. The van der Waals surface area contributed by atoms with Crippen molar-refractivity contribution in [3.63, 3.8) is 0 Å². The molecule has 0 saturated heterocycles. The van der Waals surface area contributed by atoms with Gasteiger partial charge in [0.25, 0.3) is 0 Å². The number of benzene rings is 10. The minimum absolute atomic E-state index is 0.0141. The summed E-state index contributed by atoms with van der Waals surface area (Å²) in [7, 11) is 0. The van der Waals surface area contributed by atoms with Crippen molar-refractivity contribution in [1.82, 2.24) is 0 Å². The Balaban J connectivity index is 0.947. The van der Waals surface area contributed by atoms with Crippen LogP contribution >= 0.6 is 0 Å². The van der Waals surface area contributed by atoms with E-state index in [2.05, 4.69) is 271 Å². The van der Waals surface area contributed by atoms with Gasteiger partial charge in [0.1, 0.15) is 0 Å². The fourth-order valence-corrected chi connectivity index (χ4v) is 16.2. The van der Waals surface area contributed by atoms with E-state index in [1.165, 1.54) is 108 Å². The van der Waals surface area contributed by atoms with E-state index in [0.717, 1.165) is 40.7 Å². The van der Waals surface area contributed by atoms with Crippen LogP contribution in [0.3, 0.4) is 0 Å². The highest BCUT2D eigenvalue weighted by Gasteiger charge is 2.90. The lowest BCUT2D eigenvalue weighted by Crippen LogP contribution is -2.88. The van der Waals surface area contributed by atoms with Crippen LogP contribution in [0.2, 0.25) is 0 Å². The van der Waals surface area contributed by atoms with Crippen LogP contribution in [0.25, 0.3) is 77.5 Å². The molecule has 0 bridgehead atoms. The number of hydrogen-bond donors (Lipinski definition) is 0. The van der Waals surface area contributed by atoms with Crippen molar-refractivity contribution in [2.24, 2.45) is 29.1 Å². The van der Waals surface area contributed by atoms with E-state index in [0.29, 0.717) is 5.41 Å². The number of nitrogens with zero attached hydrogens (tertiary/aromatic N) is 1. The summed E-state index contributed by atoms with van der Waals surface area (Å²) in [6, 6.07) is 85.7. The van der Waals surface area contributed by atoms with Gasteiger partial charge in [-0.25, -0.2) is 0 Å². The first-order valence-electron chi connectivity index (χ1n) is 28.1. The molecule has 1 heteroatoms. The van der Waals surface area contributed by atoms with Gasteiger partial charge >= 0.3 is 0 Å². The molecule has 0 aromatic heterocycles. The van der Waals surface area contributed by atoms with Crippen LogP contribution in [0.5, 0.6) is 0 Å². The second-order valence-corrected chi connectivity index (χ2v) is 25.2. The van der Waals surface area contributed by atoms with Gasteiger partial charge in [-0.2, -0.15) is 0 Å². The summed E-state index contributed by atoms with van der Waals surface area (Å²) in [5.41, 5.74) is 25.3. The van der Waals surface area contributed by atoms with Crippen molar-refractivity contribution in [1.29, 1.82) is 0 Å². The van der Waals surface area contributed by atoms with Gasteiger partial charge in [0.15, 0.2) is 0 Å². The van der Waals surface area contributed by atoms with Gasteiger partial charge in [-0.05, 0) is 167 Å². The molecule has 2 spiro atoms. The largest absolute Gasteiger partial charge is 0.309 e. The first kappa shape index (κ1) is 45.6. The molecule has 4 atom stereocenters. The average Bonchev–Trinajstić information content (AvgIpc) is 3.32. The average molecular weight is 980 g/mol. The van der Waals surface area contributed by atoms with Crippen LogP contribution in [0.15, 0.2) is 224 Å². The lowest BCUT2D eigenvalue weighted by molar-refractivity contribution is -0.412. The zero-order valence-corrected chi connectivity index (χ0v) is 44.7. The Morgan fingerprint density at radius 3 is 1.43 bits per heavy atom. The minimum Gasteiger partial charge on any atom is -0.309 e. The van der Waals surface area contributed by atoms with Crippen molar-refractivity contribution in [3.05, 3.63) is 247 Å². The zero-order valence-electron chi connectivity index (χ0n) is 44.7. The topological polar surface area (TPSA) is 3.24 Å². The predicted octanol–water partition coefficient (Wildman–Crippen LogP) is 20.2. The summed E-state index contributed by atoms with van der Waals surface area (Å²) < 4.78 is 0. The summed E-state index contributed by atoms with van der Waals surface area (Å²) in [5.74, 6) is 3.45. The molecule has 4 saturated carbocycles. The lowest BCUT2D eigenvalue weighted by atomic mass is 9.11. The van der Waals surface area contributed by atoms with E-state index in [9.17, 15) is 0 Å². The first-order chi connectivity index (χ1) is 36.9. The van der Waals surface area contributed by atoms with E-state index in [4.69, 9.17) is 0 Å². The SMILES string of the molecule is CC(C)(C)c1cc(-c2cccc3cccc(-c4ccccc4N(c4ccccc4-c4ccc(-c5ccccc5)cc4)c4ccccc4-c4ccc5c(c4)C4(c6ccccc6-5)C5CC6CC7CC4C675)c23)cc(C(C)(C)C)c1. The van der Waals surface area contributed by atoms with E-state index < -0.39 is 0 Å². The highest BCUT2D eigenvalue weighted by Crippen LogP contribution is 2.94. The van der Waals surface area contributed by atoms with Gasteiger partial charge in [0, 0.05) is 22.1 Å². The molecule has 0 radical (unpaired) electrons. The Bertz CT molecular complexity index is 3910. The monoisotopic (exact) mass is 980 g/mol. The normalized spacial score (nSPS) is 22.3. The second kappa shape index (κ2) is 16.4. The fourth-order valence-electron chi connectivity index (χ4n) is 16.2. The molecule has 4 unspecified atom stereocenters. The van der Waals surface area contributed by atoms with Gasteiger partial charge in [0.05, 0.1) is 17.1 Å². The summed E-state index contributed by atoms with van der Waals surface area (Å²) in [6.07, 6.45) is 4.26. The Kier molecular flexibility index (Phi) is 9.84. The second-order valence-electron chi connectivity index (χ2n) is 25.2. The van der Waals surface area contributed by atoms with E-state index in [1.807, 2.05) is 0 Å². The van der Waals surface area contributed by atoms with Crippen LogP contribution in [-0.2, 0) is 16.2 Å². The van der Waals surface area contributed by atoms with Gasteiger partial charge < -0.3 is 4.90 Å². The summed E-state index contributed by atoms with van der Waals surface area (Å²) in [6.45, 7) is 14.0. The number of hydrogen-bond acceptors (Lipinski definition) is 1. The molecule has 5 aliphatic rings. The molecular weight excluding hydrogens is 915 g/mol. The quantitative estimate of drug-likeness (QED) is 0.147. The number of fused-ring (bicyclic) bond motifs is 8. The predicted molar refractivity (Wildman–Crippen MR) is 320 cm³/mol. The first-order valence-corrected chi connectivity index (χ1v) is 28.1. The Morgan fingerprint density at radius 1 is 0.342 bits per heavy atom. The minimum atomic E-state index is -0.0141. The van der Waals surface area contributed by atoms with Crippen LogP contribution in [0.1, 0.15) is 83.1 Å². The van der Waals surface area contributed by atoms with Crippen LogP contribution in [-0.4, -0.2) is 0 Å². The number of para-hydroxylation sites is 3. The molecule has 0 aliphatic heterocycles. The summed E-state index contributed by atoms with van der Waals surface area (Å²) in [5, 5.41) is 2.50. The molecule has 10 aromatic carbocycles. The van der Waals surface area contributed by atoms with Crippen molar-refractivity contribution >= 4 is 27.8 Å². The maximum Gasteiger partial charge on any atom is 0.0540 e. The maximum atomic E-state index is 2.66. The van der Waals surface area contributed by atoms with Crippen LogP contribution in [0, 0.1) is 29.1 Å². The van der Waals surface area contributed by atoms with Crippen molar-refractivity contribution in [2.45, 2.75) is 77.0 Å². The smallest absolute Gasteiger partial charge is 0.0540 e. The van der Waals surface area contributed by atoms with Crippen molar-refractivity contribution in [3.8, 4) is 66.8 Å². The molecule has 15 rings (SSSR count). The van der Waals surface area contributed by atoms with E-state index >= 15 is 0 Å². The zero-order chi connectivity index (χ0) is 51.3. The van der Waals surface area contributed by atoms with Crippen molar-refractivity contribution < 1.29 is 0 Å². The molecule has 0 heterocycles. The van der Waals surface area contributed by atoms with E-state index in [-0.39, 0.29) is 16.2 Å². The van der Waals surface area contributed by atoms with Crippen LogP contribution < -0.4 is 4.90 Å². The Morgan fingerprint density at radius 2 is 0.816 bits per heavy atom. The lowest BCUT2D eigenvalue weighted by Gasteiger charge is -2.92. The van der Waals surface area contributed by atoms with Gasteiger partial charge in [-0.3, -0.25) is 0 Å². The molecule has 76 heavy (non-hydrogen) atoms. The van der Waals surface area contributed by atoms with Crippen LogP contribution in [0.4, 0.5) is 17.1 Å². The van der Waals surface area contributed by atoms with Gasteiger partial charge in [-0.1, -0.05) is 242 Å². The van der Waals surface area contributed by atoms with E-state index in [1.54, 1.807) is 11.1 Å². The Hall–Kier alpha value is -7.74.